The summed E-state index contributed by atoms with van der Waals surface area (Å²) in [7, 11) is 0. The van der Waals surface area contributed by atoms with E-state index in [0.717, 1.165) is 0 Å². The summed E-state index contributed by atoms with van der Waals surface area (Å²) < 4.78 is 26.7. The standard InChI is InChI=1S/C19H18F2N2O2/c20-14-7-9-15(10-8-14)22-18(24)13-4-3-11-23(12-13)19(25)16-5-1-2-6-17(16)21/h1-2,5-10,13H,3-4,11-12H2,(H,22,24)/t13-/m0/s1. The molecule has 0 radical (unpaired) electrons. The van der Waals surface area contributed by atoms with Crippen LogP contribution < -0.4 is 5.32 Å². The summed E-state index contributed by atoms with van der Waals surface area (Å²) in [5.74, 6) is -1.95. The summed E-state index contributed by atoms with van der Waals surface area (Å²) in [6.45, 7) is 0.730. The van der Waals surface area contributed by atoms with Crippen LogP contribution in [0.25, 0.3) is 0 Å². The van der Waals surface area contributed by atoms with Crippen molar-refractivity contribution in [2.45, 2.75) is 12.8 Å². The lowest BCUT2D eigenvalue weighted by Gasteiger charge is -2.32. The predicted octanol–water partition coefficient (Wildman–Crippen LogP) is 3.46. The Bertz CT molecular complexity index is 777. The van der Waals surface area contributed by atoms with Gasteiger partial charge in [-0.15, -0.1) is 0 Å². The van der Waals surface area contributed by atoms with Crippen LogP contribution >= 0.6 is 0 Å². The van der Waals surface area contributed by atoms with Crippen molar-refractivity contribution >= 4 is 17.5 Å². The number of piperidine rings is 1. The molecule has 0 unspecified atom stereocenters. The summed E-state index contributed by atoms with van der Waals surface area (Å²) in [5.41, 5.74) is 0.519. The van der Waals surface area contributed by atoms with Gasteiger partial charge in [0.2, 0.25) is 5.91 Å². The number of amides is 2. The number of likely N-dealkylation sites (tertiary alicyclic amines) is 1. The monoisotopic (exact) mass is 344 g/mol. The molecule has 1 saturated heterocycles. The Morgan fingerprint density at radius 2 is 1.76 bits per heavy atom. The third kappa shape index (κ3) is 4.02. The lowest BCUT2D eigenvalue weighted by molar-refractivity contribution is -0.121. The van der Waals surface area contributed by atoms with E-state index < -0.39 is 11.7 Å². The number of benzene rings is 2. The van der Waals surface area contributed by atoms with Crippen LogP contribution in [0, 0.1) is 17.6 Å². The molecule has 1 N–H and O–H groups in total. The molecule has 1 heterocycles. The Morgan fingerprint density at radius 3 is 2.48 bits per heavy atom. The number of carbonyl (C=O) groups excluding carboxylic acids is 2. The van der Waals surface area contributed by atoms with E-state index in [1.807, 2.05) is 0 Å². The SMILES string of the molecule is O=C(Nc1ccc(F)cc1)[C@H]1CCCN(C(=O)c2ccccc2F)C1. The fraction of sp³-hybridized carbons (Fsp3) is 0.263. The third-order valence-electron chi connectivity index (χ3n) is 4.30. The van der Waals surface area contributed by atoms with Gasteiger partial charge in [-0.2, -0.15) is 0 Å². The van der Waals surface area contributed by atoms with Crippen molar-refractivity contribution < 1.29 is 18.4 Å². The molecule has 2 aromatic rings. The van der Waals surface area contributed by atoms with Gasteiger partial charge in [0.05, 0.1) is 11.5 Å². The van der Waals surface area contributed by atoms with Crippen LogP contribution in [0.5, 0.6) is 0 Å². The molecule has 1 aliphatic heterocycles. The second kappa shape index (κ2) is 7.42. The van der Waals surface area contributed by atoms with Gasteiger partial charge in [-0.25, -0.2) is 8.78 Å². The molecule has 2 aromatic carbocycles. The Balaban J connectivity index is 1.66. The van der Waals surface area contributed by atoms with E-state index in [1.165, 1.54) is 47.4 Å². The second-order valence-corrected chi connectivity index (χ2v) is 6.07. The minimum atomic E-state index is -0.564. The van der Waals surface area contributed by atoms with Crippen molar-refractivity contribution in [2.75, 3.05) is 18.4 Å². The highest BCUT2D eigenvalue weighted by molar-refractivity contribution is 5.96. The molecule has 2 amide bonds. The van der Waals surface area contributed by atoms with Crippen molar-refractivity contribution in [1.29, 1.82) is 0 Å². The van der Waals surface area contributed by atoms with Gasteiger partial charge in [0.15, 0.2) is 0 Å². The van der Waals surface area contributed by atoms with Crippen molar-refractivity contribution in [2.24, 2.45) is 5.92 Å². The minimum Gasteiger partial charge on any atom is -0.338 e. The van der Waals surface area contributed by atoms with Crippen molar-refractivity contribution in [3.8, 4) is 0 Å². The first-order valence-electron chi connectivity index (χ1n) is 8.15. The highest BCUT2D eigenvalue weighted by atomic mass is 19.1. The molecule has 0 bridgehead atoms. The summed E-state index contributed by atoms with van der Waals surface area (Å²) in [5, 5.41) is 2.73. The van der Waals surface area contributed by atoms with Gasteiger partial charge in [-0.3, -0.25) is 9.59 Å². The highest BCUT2D eigenvalue weighted by Crippen LogP contribution is 2.21. The first-order chi connectivity index (χ1) is 12.0. The molecule has 0 saturated carbocycles. The molecular weight excluding hydrogens is 326 g/mol. The summed E-state index contributed by atoms with van der Waals surface area (Å²) in [4.78, 5) is 26.4. The second-order valence-electron chi connectivity index (χ2n) is 6.07. The maximum atomic E-state index is 13.8. The summed E-state index contributed by atoms with van der Waals surface area (Å²) in [6.07, 6.45) is 1.32. The van der Waals surface area contributed by atoms with E-state index >= 15 is 0 Å². The third-order valence-corrected chi connectivity index (χ3v) is 4.30. The van der Waals surface area contributed by atoms with E-state index in [4.69, 9.17) is 0 Å². The van der Waals surface area contributed by atoms with Crippen LogP contribution in [0.4, 0.5) is 14.5 Å². The predicted molar refractivity (Wildman–Crippen MR) is 90.1 cm³/mol. The Hall–Kier alpha value is -2.76. The van der Waals surface area contributed by atoms with E-state index in [1.54, 1.807) is 6.07 Å². The van der Waals surface area contributed by atoms with E-state index in [9.17, 15) is 18.4 Å². The minimum absolute atomic E-state index is 0.0158. The number of rotatable bonds is 3. The highest BCUT2D eigenvalue weighted by Gasteiger charge is 2.29. The van der Waals surface area contributed by atoms with E-state index in [-0.39, 0.29) is 29.8 Å². The molecule has 130 valence electrons. The normalized spacial score (nSPS) is 17.2. The number of nitrogens with zero attached hydrogens (tertiary/aromatic N) is 1. The number of carbonyl (C=O) groups is 2. The molecule has 1 atom stereocenters. The van der Waals surface area contributed by atoms with Gasteiger partial charge in [-0.1, -0.05) is 12.1 Å². The number of anilines is 1. The van der Waals surface area contributed by atoms with Gasteiger partial charge < -0.3 is 10.2 Å². The Kier molecular flexibility index (Phi) is 5.07. The van der Waals surface area contributed by atoms with Gasteiger partial charge in [0.1, 0.15) is 11.6 Å². The van der Waals surface area contributed by atoms with Crippen LogP contribution in [0.1, 0.15) is 23.2 Å². The van der Waals surface area contributed by atoms with Crippen LogP contribution in [0.15, 0.2) is 48.5 Å². The molecule has 6 heteroatoms. The van der Waals surface area contributed by atoms with Crippen LogP contribution in [-0.2, 0) is 4.79 Å². The maximum absolute atomic E-state index is 13.8. The summed E-state index contributed by atoms with van der Waals surface area (Å²) >= 11 is 0. The van der Waals surface area contributed by atoms with Crippen molar-refractivity contribution in [1.82, 2.24) is 4.90 Å². The number of hydrogen-bond donors (Lipinski definition) is 1. The molecule has 1 fully saturated rings. The lowest BCUT2D eigenvalue weighted by Crippen LogP contribution is -2.44. The molecule has 0 aliphatic carbocycles. The zero-order valence-corrected chi connectivity index (χ0v) is 13.5. The van der Waals surface area contributed by atoms with E-state index in [2.05, 4.69) is 5.32 Å². The first-order valence-corrected chi connectivity index (χ1v) is 8.15. The smallest absolute Gasteiger partial charge is 0.256 e. The average molecular weight is 344 g/mol. The van der Waals surface area contributed by atoms with Gasteiger partial charge in [-0.05, 0) is 49.2 Å². The quantitative estimate of drug-likeness (QED) is 0.927. The molecule has 3 rings (SSSR count). The van der Waals surface area contributed by atoms with Crippen LogP contribution in [-0.4, -0.2) is 29.8 Å². The Morgan fingerprint density at radius 1 is 1.04 bits per heavy atom. The van der Waals surface area contributed by atoms with Gasteiger partial charge in [0, 0.05) is 18.8 Å². The number of nitrogens with one attached hydrogen (secondary N) is 1. The van der Waals surface area contributed by atoms with E-state index in [0.29, 0.717) is 25.1 Å². The average Bonchev–Trinajstić information content (AvgIpc) is 2.63. The fourth-order valence-electron chi connectivity index (χ4n) is 2.96. The van der Waals surface area contributed by atoms with Crippen LogP contribution in [0.2, 0.25) is 0 Å². The fourth-order valence-corrected chi connectivity index (χ4v) is 2.96. The van der Waals surface area contributed by atoms with Crippen LogP contribution in [0.3, 0.4) is 0 Å². The topological polar surface area (TPSA) is 49.4 Å². The molecular formula is C19H18F2N2O2. The zero-order chi connectivity index (χ0) is 17.8. The lowest BCUT2D eigenvalue weighted by atomic mass is 9.96. The maximum Gasteiger partial charge on any atom is 0.256 e. The van der Waals surface area contributed by atoms with Gasteiger partial charge in [0.25, 0.3) is 5.91 Å². The van der Waals surface area contributed by atoms with Crippen molar-refractivity contribution in [3.63, 3.8) is 0 Å². The van der Waals surface area contributed by atoms with Crippen molar-refractivity contribution in [3.05, 3.63) is 65.7 Å². The first kappa shape index (κ1) is 17.1. The number of halogens is 2. The molecule has 4 nitrogen and oxygen atoms in total. The summed E-state index contributed by atoms with van der Waals surface area (Å²) in [6, 6.07) is 11.3. The number of hydrogen-bond acceptors (Lipinski definition) is 2. The molecule has 0 aromatic heterocycles. The molecule has 1 aliphatic rings. The Labute approximate surface area is 144 Å². The molecule has 25 heavy (non-hydrogen) atoms. The largest absolute Gasteiger partial charge is 0.338 e. The molecule has 0 spiro atoms. The van der Waals surface area contributed by atoms with Gasteiger partial charge >= 0.3 is 0 Å². The zero-order valence-electron chi connectivity index (χ0n) is 13.5.